The number of fused-ring (bicyclic) bond motifs is 1. The van der Waals surface area contributed by atoms with E-state index in [1.807, 2.05) is 12.1 Å². The number of nitrogens with one attached hydrogen (secondary N) is 2. The van der Waals surface area contributed by atoms with Crippen LogP contribution < -0.4 is 5.32 Å². The zero-order chi connectivity index (χ0) is 17.2. The van der Waals surface area contributed by atoms with E-state index in [0.717, 1.165) is 4.88 Å². The van der Waals surface area contributed by atoms with Crippen molar-refractivity contribution in [3.63, 3.8) is 0 Å². The summed E-state index contributed by atoms with van der Waals surface area (Å²) in [6.07, 6.45) is 1.55. The monoisotopic (exact) mass is 353 g/mol. The van der Waals surface area contributed by atoms with E-state index < -0.39 is 0 Å². The summed E-state index contributed by atoms with van der Waals surface area (Å²) in [5, 5.41) is 10.6. The zero-order valence-electron chi connectivity index (χ0n) is 13.4. The summed E-state index contributed by atoms with van der Waals surface area (Å²) in [4.78, 5) is 19.2. The van der Waals surface area contributed by atoms with Crippen molar-refractivity contribution >= 4 is 33.4 Å². The summed E-state index contributed by atoms with van der Waals surface area (Å²) in [5.74, 6) is 1.23. The molecule has 3 aromatic heterocycles. The molecule has 0 bridgehead atoms. The van der Waals surface area contributed by atoms with E-state index >= 15 is 0 Å². The van der Waals surface area contributed by atoms with Gasteiger partial charge in [0.25, 0.3) is 5.95 Å². The quantitative estimate of drug-likeness (QED) is 0.582. The average Bonchev–Trinajstić information content (AvgIpc) is 3.34. The van der Waals surface area contributed by atoms with Crippen LogP contribution in [-0.4, -0.2) is 33.2 Å². The fraction of sp³-hybridized carbons (Fsp3) is 0.118. The molecule has 0 fully saturated rings. The summed E-state index contributed by atoms with van der Waals surface area (Å²) in [5.41, 5.74) is 0. The molecule has 8 heteroatoms. The largest absolute Gasteiger partial charge is 0.461 e. The van der Waals surface area contributed by atoms with Crippen LogP contribution in [0.4, 0.5) is 10.7 Å². The molecular weight excluding hydrogens is 338 g/mol. The van der Waals surface area contributed by atoms with Gasteiger partial charge in [0, 0.05) is 16.6 Å². The van der Waals surface area contributed by atoms with Gasteiger partial charge in [-0.3, -0.25) is 10.4 Å². The van der Waals surface area contributed by atoms with Crippen molar-refractivity contribution in [3.8, 4) is 11.6 Å². The maximum absolute atomic E-state index is 12.3. The van der Waals surface area contributed by atoms with E-state index in [1.54, 1.807) is 41.7 Å². The van der Waals surface area contributed by atoms with Crippen LogP contribution in [0.1, 0.15) is 4.88 Å². The number of carbonyl (C=O) groups is 1. The molecule has 126 valence electrons. The Morgan fingerprint density at radius 3 is 3.00 bits per heavy atom. The first-order chi connectivity index (χ1) is 12.2. The van der Waals surface area contributed by atoms with Crippen LogP contribution in [0.3, 0.4) is 0 Å². The normalized spacial score (nSPS) is 10.9. The standard InChI is InChI=1S/C17H15N5O2S/c1-22(10-12-9-11-5-2-3-7-14(11)25-12)17(23)19-16-18-15(20-21-16)13-6-4-8-24-13/h2-9H,10H2,1H3,(H2,18,19,20,21,23). The van der Waals surface area contributed by atoms with Crippen LogP contribution >= 0.6 is 11.3 Å². The summed E-state index contributed by atoms with van der Waals surface area (Å²) in [7, 11) is 1.74. The Bertz CT molecular complexity index is 972. The van der Waals surface area contributed by atoms with E-state index in [2.05, 4.69) is 38.7 Å². The number of H-pyrrole nitrogens is 1. The summed E-state index contributed by atoms with van der Waals surface area (Å²) in [6.45, 7) is 0.515. The highest BCUT2D eigenvalue weighted by Gasteiger charge is 2.14. The first-order valence-electron chi connectivity index (χ1n) is 7.65. The predicted octanol–water partition coefficient (Wildman–Crippen LogP) is 3.94. The first-order valence-corrected chi connectivity index (χ1v) is 8.46. The molecule has 0 aliphatic heterocycles. The minimum atomic E-state index is -0.276. The number of nitrogens with zero attached hydrogens (tertiary/aromatic N) is 3. The van der Waals surface area contributed by atoms with Crippen molar-refractivity contribution in [1.29, 1.82) is 0 Å². The zero-order valence-corrected chi connectivity index (χ0v) is 14.2. The molecule has 0 aliphatic rings. The summed E-state index contributed by atoms with van der Waals surface area (Å²) >= 11 is 1.68. The van der Waals surface area contributed by atoms with Crippen molar-refractivity contribution in [3.05, 3.63) is 53.6 Å². The molecule has 0 spiro atoms. The number of urea groups is 1. The SMILES string of the molecule is CN(Cc1cc2ccccc2s1)C(=O)Nc1n[nH]c(-c2ccco2)n1. The number of amides is 2. The molecular formula is C17H15N5O2S. The highest BCUT2D eigenvalue weighted by atomic mass is 32.1. The number of hydrogen-bond donors (Lipinski definition) is 2. The smallest absolute Gasteiger partial charge is 0.324 e. The molecule has 1 aromatic carbocycles. The predicted molar refractivity (Wildman–Crippen MR) is 96.4 cm³/mol. The van der Waals surface area contributed by atoms with Crippen LogP contribution in [0.25, 0.3) is 21.7 Å². The van der Waals surface area contributed by atoms with Gasteiger partial charge in [-0.25, -0.2) is 4.79 Å². The van der Waals surface area contributed by atoms with Crippen LogP contribution in [0, 0.1) is 0 Å². The number of hydrogen-bond acceptors (Lipinski definition) is 5. The van der Waals surface area contributed by atoms with Crippen LogP contribution in [0.2, 0.25) is 0 Å². The van der Waals surface area contributed by atoms with Gasteiger partial charge in [0.05, 0.1) is 12.8 Å². The second-order valence-corrected chi connectivity index (χ2v) is 6.69. The number of carbonyl (C=O) groups excluding carboxylic acids is 1. The average molecular weight is 353 g/mol. The molecule has 4 rings (SSSR count). The number of aromatic nitrogens is 3. The number of thiophene rings is 1. The number of furan rings is 1. The van der Waals surface area contributed by atoms with Gasteiger partial charge < -0.3 is 9.32 Å². The molecule has 0 aliphatic carbocycles. The van der Waals surface area contributed by atoms with E-state index in [-0.39, 0.29) is 12.0 Å². The minimum Gasteiger partial charge on any atom is -0.461 e. The molecule has 7 nitrogen and oxygen atoms in total. The Hall–Kier alpha value is -3.13. The van der Waals surface area contributed by atoms with Gasteiger partial charge in [-0.15, -0.1) is 16.4 Å². The number of aromatic amines is 1. The van der Waals surface area contributed by atoms with Gasteiger partial charge >= 0.3 is 6.03 Å². The summed E-state index contributed by atoms with van der Waals surface area (Å²) in [6, 6.07) is 13.5. The van der Waals surface area contributed by atoms with Gasteiger partial charge in [0.15, 0.2) is 11.6 Å². The Morgan fingerprint density at radius 2 is 2.20 bits per heavy atom. The highest BCUT2D eigenvalue weighted by Crippen LogP contribution is 2.26. The molecule has 2 amide bonds. The first kappa shape index (κ1) is 15.4. The van der Waals surface area contributed by atoms with Gasteiger partial charge in [-0.1, -0.05) is 18.2 Å². The fourth-order valence-corrected chi connectivity index (χ4v) is 3.57. The van der Waals surface area contributed by atoms with Crippen molar-refractivity contribution in [2.24, 2.45) is 0 Å². The van der Waals surface area contributed by atoms with Gasteiger partial charge in [-0.05, 0) is 29.7 Å². The van der Waals surface area contributed by atoms with Crippen LogP contribution in [-0.2, 0) is 6.54 Å². The van der Waals surface area contributed by atoms with Crippen LogP contribution in [0.15, 0.2) is 53.1 Å². The van der Waals surface area contributed by atoms with Gasteiger partial charge in [-0.2, -0.15) is 4.98 Å². The Morgan fingerprint density at radius 1 is 1.32 bits per heavy atom. The Labute approximate surface area is 147 Å². The third-order valence-corrected chi connectivity index (χ3v) is 4.78. The second-order valence-electron chi connectivity index (χ2n) is 5.52. The van der Waals surface area contributed by atoms with Crippen molar-refractivity contribution < 1.29 is 9.21 Å². The van der Waals surface area contributed by atoms with E-state index in [9.17, 15) is 4.79 Å². The molecule has 0 saturated carbocycles. The van der Waals surface area contributed by atoms with E-state index in [4.69, 9.17) is 4.42 Å². The Kier molecular flexibility index (Phi) is 3.95. The third-order valence-electron chi connectivity index (χ3n) is 3.67. The highest BCUT2D eigenvalue weighted by molar-refractivity contribution is 7.19. The van der Waals surface area contributed by atoms with E-state index in [0.29, 0.717) is 18.1 Å². The molecule has 3 heterocycles. The molecule has 25 heavy (non-hydrogen) atoms. The maximum atomic E-state index is 12.3. The van der Waals surface area contributed by atoms with Gasteiger partial charge in [0.2, 0.25) is 0 Å². The lowest BCUT2D eigenvalue weighted by atomic mass is 10.2. The summed E-state index contributed by atoms with van der Waals surface area (Å²) < 4.78 is 6.45. The number of rotatable bonds is 4. The molecule has 0 atom stereocenters. The molecule has 4 aromatic rings. The lowest BCUT2D eigenvalue weighted by Gasteiger charge is -2.15. The van der Waals surface area contributed by atoms with E-state index in [1.165, 1.54) is 10.1 Å². The molecule has 0 radical (unpaired) electrons. The van der Waals surface area contributed by atoms with Crippen molar-refractivity contribution in [2.75, 3.05) is 12.4 Å². The topological polar surface area (TPSA) is 87.0 Å². The second kappa shape index (κ2) is 6.40. The van der Waals surface area contributed by atoms with Crippen LogP contribution in [0.5, 0.6) is 0 Å². The minimum absolute atomic E-state index is 0.208. The fourth-order valence-electron chi connectivity index (χ4n) is 2.45. The number of anilines is 1. The molecule has 2 N–H and O–H groups in total. The maximum Gasteiger partial charge on any atom is 0.324 e. The number of benzene rings is 1. The molecule has 0 unspecified atom stereocenters. The lowest BCUT2D eigenvalue weighted by Crippen LogP contribution is -2.30. The lowest BCUT2D eigenvalue weighted by molar-refractivity contribution is 0.221. The third kappa shape index (κ3) is 3.24. The molecule has 0 saturated heterocycles. The van der Waals surface area contributed by atoms with Crippen molar-refractivity contribution in [2.45, 2.75) is 6.54 Å². The van der Waals surface area contributed by atoms with Gasteiger partial charge in [0.1, 0.15) is 0 Å². The van der Waals surface area contributed by atoms with Crippen molar-refractivity contribution in [1.82, 2.24) is 20.1 Å². The Balaban J connectivity index is 1.42.